The molecule has 0 saturated carbocycles. The van der Waals surface area contributed by atoms with Gasteiger partial charge < -0.3 is 10.1 Å². The fourth-order valence-corrected chi connectivity index (χ4v) is 3.51. The second-order valence-corrected chi connectivity index (χ2v) is 7.97. The molecule has 2 aromatic carbocycles. The number of carbonyl (C=O) groups excluding carboxylic acids is 3. The van der Waals surface area contributed by atoms with Crippen LogP contribution in [0.3, 0.4) is 0 Å². The molecule has 0 saturated heterocycles. The molecule has 0 fully saturated rings. The summed E-state index contributed by atoms with van der Waals surface area (Å²) in [5.41, 5.74) is 6.71. The Morgan fingerprint density at radius 3 is 2.48 bits per heavy atom. The number of carbonyl (C=O) groups is 3. The van der Waals surface area contributed by atoms with Gasteiger partial charge in [-0.2, -0.15) is 16.9 Å². The molecule has 0 spiro atoms. The molecule has 4 N–H and O–H groups in total. The van der Waals surface area contributed by atoms with Gasteiger partial charge in [-0.05, 0) is 36.6 Å². The van der Waals surface area contributed by atoms with Crippen LogP contribution in [0.2, 0.25) is 0 Å². The van der Waals surface area contributed by atoms with Crippen molar-refractivity contribution in [3.8, 4) is 17.0 Å². The molecule has 1 heterocycles. The van der Waals surface area contributed by atoms with E-state index in [9.17, 15) is 14.4 Å². The number of methoxy groups -OCH3 is 1. The average molecular weight is 468 g/mol. The number of hydrazine groups is 1. The monoisotopic (exact) mass is 467 g/mol. The Morgan fingerprint density at radius 2 is 1.76 bits per heavy atom. The quantitative estimate of drug-likeness (QED) is 0.358. The Bertz CT molecular complexity index is 1100. The number of rotatable bonds is 9. The molecule has 0 aliphatic heterocycles. The molecule has 1 aromatic heterocycles. The number of H-pyrrole nitrogens is 1. The molecule has 1 atom stereocenters. The van der Waals surface area contributed by atoms with E-state index in [1.807, 2.05) is 36.6 Å². The van der Waals surface area contributed by atoms with Crippen molar-refractivity contribution in [2.75, 3.05) is 19.1 Å². The van der Waals surface area contributed by atoms with Gasteiger partial charge in [0.15, 0.2) is 0 Å². The molecular weight excluding hydrogens is 442 g/mol. The Morgan fingerprint density at radius 1 is 1.03 bits per heavy atom. The molecule has 33 heavy (non-hydrogen) atoms. The van der Waals surface area contributed by atoms with Gasteiger partial charge in [-0.3, -0.25) is 30.3 Å². The van der Waals surface area contributed by atoms with E-state index in [4.69, 9.17) is 4.74 Å². The summed E-state index contributed by atoms with van der Waals surface area (Å²) in [7, 11) is 1.47. The topological polar surface area (TPSA) is 125 Å². The van der Waals surface area contributed by atoms with Gasteiger partial charge in [-0.1, -0.05) is 42.5 Å². The molecule has 10 heteroatoms. The van der Waals surface area contributed by atoms with E-state index < -0.39 is 23.8 Å². The van der Waals surface area contributed by atoms with E-state index in [2.05, 4.69) is 26.4 Å². The number of hydrogen-bond acceptors (Lipinski definition) is 6. The van der Waals surface area contributed by atoms with Gasteiger partial charge in [-0.25, -0.2) is 0 Å². The Balaban J connectivity index is 1.62. The van der Waals surface area contributed by atoms with Crippen molar-refractivity contribution in [2.24, 2.45) is 0 Å². The summed E-state index contributed by atoms with van der Waals surface area (Å²) >= 11 is 1.54. The number of benzene rings is 2. The maximum Gasteiger partial charge on any atom is 0.287 e. The highest BCUT2D eigenvalue weighted by atomic mass is 32.2. The molecule has 0 aliphatic carbocycles. The lowest BCUT2D eigenvalue weighted by Crippen LogP contribution is -2.52. The minimum absolute atomic E-state index is 0.188. The predicted molar refractivity (Wildman–Crippen MR) is 127 cm³/mol. The largest absolute Gasteiger partial charge is 0.496 e. The molecule has 0 unspecified atom stereocenters. The first-order valence-electron chi connectivity index (χ1n) is 10.2. The standard InChI is InChI=1S/C23H25N5O4S/c1-32-20-11-7-6-10-16(20)21(29)24-17(12-13-33-2)22(30)27-28-23(31)19-14-18(25-26-19)15-8-4-3-5-9-15/h3-11,14,17H,12-13H2,1-2H3,(H,24,29)(H,25,26)(H,27,30)(H,28,31)/t17-/m1/s1. The first-order chi connectivity index (χ1) is 16.0. The summed E-state index contributed by atoms with van der Waals surface area (Å²) in [6.07, 6.45) is 2.29. The Kier molecular flexibility index (Phi) is 8.48. The van der Waals surface area contributed by atoms with Gasteiger partial charge in [-0.15, -0.1) is 0 Å². The number of para-hydroxylation sites is 1. The van der Waals surface area contributed by atoms with Crippen LogP contribution >= 0.6 is 11.8 Å². The molecule has 3 aromatic rings. The number of nitrogens with one attached hydrogen (secondary N) is 4. The normalized spacial score (nSPS) is 11.3. The van der Waals surface area contributed by atoms with Crippen LogP contribution in [0.4, 0.5) is 0 Å². The summed E-state index contributed by atoms with van der Waals surface area (Å²) in [5, 5.41) is 9.50. The van der Waals surface area contributed by atoms with Crippen LogP contribution in [0.25, 0.3) is 11.3 Å². The second-order valence-electron chi connectivity index (χ2n) is 6.98. The summed E-state index contributed by atoms with van der Waals surface area (Å²) < 4.78 is 5.22. The van der Waals surface area contributed by atoms with Crippen LogP contribution < -0.4 is 20.9 Å². The molecule has 0 aliphatic rings. The summed E-state index contributed by atoms with van der Waals surface area (Å²) in [6, 6.07) is 16.9. The minimum atomic E-state index is -0.850. The van der Waals surface area contributed by atoms with Crippen molar-refractivity contribution in [3.63, 3.8) is 0 Å². The smallest absolute Gasteiger partial charge is 0.287 e. The number of nitrogens with zero attached hydrogens (tertiary/aromatic N) is 1. The highest BCUT2D eigenvalue weighted by Crippen LogP contribution is 2.18. The molecule has 9 nitrogen and oxygen atoms in total. The lowest BCUT2D eigenvalue weighted by Gasteiger charge is -2.19. The maximum atomic E-state index is 12.7. The first-order valence-corrected chi connectivity index (χ1v) is 11.6. The van der Waals surface area contributed by atoms with Crippen molar-refractivity contribution in [1.82, 2.24) is 26.4 Å². The number of amides is 3. The van der Waals surface area contributed by atoms with Crippen molar-refractivity contribution < 1.29 is 19.1 Å². The molecule has 3 rings (SSSR count). The Labute approximate surface area is 195 Å². The van der Waals surface area contributed by atoms with Gasteiger partial charge in [0.1, 0.15) is 17.5 Å². The molecular formula is C23H25N5O4S. The third-order valence-electron chi connectivity index (χ3n) is 4.78. The van der Waals surface area contributed by atoms with Gasteiger partial charge in [0.05, 0.1) is 18.4 Å². The van der Waals surface area contributed by atoms with Gasteiger partial charge in [0.2, 0.25) is 0 Å². The number of ether oxygens (including phenoxy) is 1. The fourth-order valence-electron chi connectivity index (χ4n) is 3.04. The van der Waals surface area contributed by atoms with Crippen LogP contribution in [0.5, 0.6) is 5.75 Å². The third-order valence-corrected chi connectivity index (χ3v) is 5.42. The van der Waals surface area contributed by atoms with E-state index in [1.165, 1.54) is 7.11 Å². The predicted octanol–water partition coefficient (Wildman–Crippen LogP) is 2.40. The first kappa shape index (κ1) is 23.9. The average Bonchev–Trinajstić information content (AvgIpc) is 3.35. The lowest BCUT2D eigenvalue weighted by molar-refractivity contribution is -0.123. The van der Waals surface area contributed by atoms with E-state index in [0.29, 0.717) is 29.2 Å². The molecule has 172 valence electrons. The van der Waals surface area contributed by atoms with E-state index in [-0.39, 0.29) is 5.69 Å². The van der Waals surface area contributed by atoms with Crippen molar-refractivity contribution in [1.29, 1.82) is 0 Å². The van der Waals surface area contributed by atoms with E-state index >= 15 is 0 Å². The number of thioether (sulfide) groups is 1. The summed E-state index contributed by atoms with van der Waals surface area (Å²) in [4.78, 5) is 37.9. The molecule has 0 bridgehead atoms. The zero-order chi connectivity index (χ0) is 23.6. The minimum Gasteiger partial charge on any atom is -0.496 e. The summed E-state index contributed by atoms with van der Waals surface area (Å²) in [6.45, 7) is 0. The van der Waals surface area contributed by atoms with Gasteiger partial charge in [0, 0.05) is 5.56 Å². The van der Waals surface area contributed by atoms with Gasteiger partial charge >= 0.3 is 0 Å². The van der Waals surface area contributed by atoms with Crippen molar-refractivity contribution in [3.05, 3.63) is 71.9 Å². The SMILES string of the molecule is COc1ccccc1C(=O)N[C@H](CCSC)C(=O)NNC(=O)c1cc(-c2ccccc2)n[nH]1. The highest BCUT2D eigenvalue weighted by molar-refractivity contribution is 7.98. The second kappa shape index (κ2) is 11.7. The van der Waals surface area contributed by atoms with Crippen LogP contribution in [-0.4, -0.2) is 53.1 Å². The number of aromatic amines is 1. The highest BCUT2D eigenvalue weighted by Gasteiger charge is 2.23. The van der Waals surface area contributed by atoms with Crippen LogP contribution in [0.1, 0.15) is 27.3 Å². The number of hydrogen-bond donors (Lipinski definition) is 4. The third kappa shape index (κ3) is 6.36. The van der Waals surface area contributed by atoms with Crippen LogP contribution in [0, 0.1) is 0 Å². The number of aromatic nitrogens is 2. The van der Waals surface area contributed by atoms with Crippen LogP contribution in [0.15, 0.2) is 60.7 Å². The van der Waals surface area contributed by atoms with E-state index in [0.717, 1.165) is 5.56 Å². The van der Waals surface area contributed by atoms with Crippen molar-refractivity contribution >= 4 is 29.5 Å². The van der Waals surface area contributed by atoms with Crippen molar-refractivity contribution in [2.45, 2.75) is 12.5 Å². The Hall–Kier alpha value is -3.79. The maximum absolute atomic E-state index is 12.7. The van der Waals surface area contributed by atoms with Gasteiger partial charge in [0.25, 0.3) is 17.7 Å². The van der Waals surface area contributed by atoms with Crippen LogP contribution in [-0.2, 0) is 4.79 Å². The molecule has 0 radical (unpaired) electrons. The van der Waals surface area contributed by atoms with E-state index in [1.54, 1.807) is 42.1 Å². The summed E-state index contributed by atoms with van der Waals surface area (Å²) in [5.74, 6) is -0.498. The molecule has 3 amide bonds. The zero-order valence-electron chi connectivity index (χ0n) is 18.3. The fraction of sp³-hybridized carbons (Fsp3) is 0.217. The lowest BCUT2D eigenvalue weighted by atomic mass is 10.1. The zero-order valence-corrected chi connectivity index (χ0v) is 19.1.